The zero-order valence-corrected chi connectivity index (χ0v) is 17.8. The van der Waals surface area contributed by atoms with Gasteiger partial charge in [0.05, 0.1) is 29.2 Å². The van der Waals surface area contributed by atoms with E-state index in [0.717, 1.165) is 25.1 Å². The molecule has 3 aromatic rings. The van der Waals surface area contributed by atoms with E-state index in [9.17, 15) is 18.0 Å². The number of carbonyl (C=O) groups excluding carboxylic acids is 1. The number of aromatic nitrogens is 4. The van der Waals surface area contributed by atoms with Crippen LogP contribution in [0.3, 0.4) is 0 Å². The quantitative estimate of drug-likeness (QED) is 0.617. The summed E-state index contributed by atoms with van der Waals surface area (Å²) in [6.45, 7) is 2.44. The zero-order chi connectivity index (χ0) is 22.9. The van der Waals surface area contributed by atoms with E-state index in [2.05, 4.69) is 20.5 Å². The van der Waals surface area contributed by atoms with E-state index in [1.807, 2.05) is 6.92 Å². The van der Waals surface area contributed by atoms with E-state index in [0.29, 0.717) is 28.6 Å². The molecule has 1 aliphatic rings. The average molecular weight is 465 g/mol. The van der Waals surface area contributed by atoms with Gasteiger partial charge in [-0.3, -0.25) is 4.79 Å². The standard InChI is InChI=1S/C21H20ClF3N6O/c1-13-17(29-19-7-4-14(12-26-19)21(23,24)25)3-2-10-30(13)20(32)16-11-15(22)5-6-18(16)31-27-8-9-28-31/h4-9,11-13,17H,2-3,10H2,1H3,(H,26,29)/t13-,17?/m0/s1. The summed E-state index contributed by atoms with van der Waals surface area (Å²) in [6, 6.07) is 6.81. The minimum Gasteiger partial charge on any atom is -0.365 e. The van der Waals surface area contributed by atoms with Gasteiger partial charge in [-0.05, 0) is 50.1 Å². The Morgan fingerprint density at radius 3 is 2.59 bits per heavy atom. The lowest BCUT2D eigenvalue weighted by Gasteiger charge is -2.40. The summed E-state index contributed by atoms with van der Waals surface area (Å²) < 4.78 is 38.3. The van der Waals surface area contributed by atoms with Crippen LogP contribution in [0.5, 0.6) is 0 Å². The van der Waals surface area contributed by atoms with E-state index >= 15 is 0 Å². The first-order chi connectivity index (χ1) is 15.2. The van der Waals surface area contributed by atoms with Crippen molar-refractivity contribution in [2.24, 2.45) is 0 Å². The molecule has 1 aliphatic heterocycles. The normalized spacial score (nSPS) is 19.1. The van der Waals surface area contributed by atoms with Crippen molar-refractivity contribution >= 4 is 23.3 Å². The molecule has 1 unspecified atom stereocenters. The number of nitrogens with zero attached hydrogens (tertiary/aromatic N) is 5. The Labute approximate surface area is 187 Å². The van der Waals surface area contributed by atoms with E-state index in [4.69, 9.17) is 11.6 Å². The van der Waals surface area contributed by atoms with Gasteiger partial charge in [0.2, 0.25) is 0 Å². The fourth-order valence-electron chi connectivity index (χ4n) is 3.81. The Balaban J connectivity index is 1.54. The third-order valence-electron chi connectivity index (χ3n) is 5.50. The smallest absolute Gasteiger partial charge is 0.365 e. The fourth-order valence-corrected chi connectivity index (χ4v) is 3.98. The van der Waals surface area contributed by atoms with Gasteiger partial charge in [0, 0.05) is 29.8 Å². The molecule has 2 atom stereocenters. The van der Waals surface area contributed by atoms with E-state index in [-0.39, 0.29) is 18.0 Å². The first-order valence-electron chi connectivity index (χ1n) is 10.0. The second-order valence-corrected chi connectivity index (χ2v) is 7.98. The van der Waals surface area contributed by atoms with Crippen molar-refractivity contribution < 1.29 is 18.0 Å². The summed E-state index contributed by atoms with van der Waals surface area (Å²) >= 11 is 6.16. The molecule has 1 amide bonds. The molecule has 0 radical (unpaired) electrons. The van der Waals surface area contributed by atoms with Crippen molar-refractivity contribution in [3.05, 3.63) is 65.1 Å². The van der Waals surface area contributed by atoms with Crippen LogP contribution in [0, 0.1) is 0 Å². The topological polar surface area (TPSA) is 75.9 Å². The number of halogens is 4. The number of amides is 1. The summed E-state index contributed by atoms with van der Waals surface area (Å²) in [5, 5.41) is 11.8. The maximum atomic E-state index is 13.5. The Bertz CT molecular complexity index is 1090. The number of hydrogen-bond acceptors (Lipinski definition) is 5. The van der Waals surface area contributed by atoms with Crippen LogP contribution in [0.15, 0.2) is 48.9 Å². The summed E-state index contributed by atoms with van der Waals surface area (Å²) in [7, 11) is 0. The average Bonchev–Trinajstić information content (AvgIpc) is 3.29. The molecular formula is C21H20ClF3N6O. The predicted molar refractivity (Wildman–Crippen MR) is 113 cm³/mol. The maximum absolute atomic E-state index is 13.5. The molecule has 32 heavy (non-hydrogen) atoms. The van der Waals surface area contributed by atoms with Crippen molar-refractivity contribution in [3.63, 3.8) is 0 Å². The van der Waals surface area contributed by atoms with Crippen LogP contribution in [0.25, 0.3) is 5.69 Å². The molecule has 2 aromatic heterocycles. The lowest BCUT2D eigenvalue weighted by molar-refractivity contribution is -0.137. The van der Waals surface area contributed by atoms with Crippen LogP contribution >= 0.6 is 11.6 Å². The monoisotopic (exact) mass is 464 g/mol. The second-order valence-electron chi connectivity index (χ2n) is 7.54. The third-order valence-corrected chi connectivity index (χ3v) is 5.73. The molecule has 0 saturated carbocycles. The number of piperidine rings is 1. The second kappa shape index (κ2) is 8.78. The minimum absolute atomic E-state index is 0.178. The predicted octanol–water partition coefficient (Wildman–Crippen LogP) is 4.44. The Morgan fingerprint density at radius 2 is 1.94 bits per heavy atom. The minimum atomic E-state index is -4.44. The first-order valence-corrected chi connectivity index (χ1v) is 10.4. The van der Waals surface area contributed by atoms with Gasteiger partial charge in [-0.15, -0.1) is 0 Å². The van der Waals surface area contributed by atoms with Gasteiger partial charge < -0.3 is 10.2 Å². The molecule has 3 heterocycles. The highest BCUT2D eigenvalue weighted by atomic mass is 35.5. The summed E-state index contributed by atoms with van der Waals surface area (Å²) in [5.74, 6) is 0.104. The van der Waals surface area contributed by atoms with E-state index in [1.54, 1.807) is 23.1 Å². The number of anilines is 1. The molecule has 4 rings (SSSR count). The van der Waals surface area contributed by atoms with Crippen LogP contribution < -0.4 is 5.32 Å². The molecule has 1 N–H and O–H groups in total. The van der Waals surface area contributed by atoms with E-state index < -0.39 is 11.7 Å². The van der Waals surface area contributed by atoms with Crippen molar-refractivity contribution in [1.29, 1.82) is 0 Å². The van der Waals surface area contributed by atoms with Crippen LogP contribution in [-0.4, -0.2) is 49.4 Å². The Kier molecular flexibility index (Phi) is 6.05. The number of pyridine rings is 1. The van der Waals surface area contributed by atoms with Gasteiger partial charge in [-0.2, -0.15) is 28.2 Å². The fraction of sp³-hybridized carbons (Fsp3) is 0.333. The third kappa shape index (κ3) is 4.55. The number of rotatable bonds is 4. The molecule has 0 spiro atoms. The zero-order valence-electron chi connectivity index (χ0n) is 17.1. The van der Waals surface area contributed by atoms with Crippen molar-refractivity contribution in [1.82, 2.24) is 24.9 Å². The van der Waals surface area contributed by atoms with Crippen LogP contribution in [0.4, 0.5) is 19.0 Å². The van der Waals surface area contributed by atoms with E-state index in [1.165, 1.54) is 23.3 Å². The molecule has 11 heteroatoms. The molecule has 0 bridgehead atoms. The molecule has 1 saturated heterocycles. The van der Waals surface area contributed by atoms with Crippen molar-refractivity contribution in [2.75, 3.05) is 11.9 Å². The lowest BCUT2D eigenvalue weighted by atomic mass is 9.96. The van der Waals surface area contributed by atoms with Gasteiger partial charge in [-0.25, -0.2) is 4.98 Å². The highest BCUT2D eigenvalue weighted by Crippen LogP contribution is 2.30. The van der Waals surface area contributed by atoms with Gasteiger partial charge in [0.1, 0.15) is 5.82 Å². The highest BCUT2D eigenvalue weighted by Gasteiger charge is 2.34. The number of alkyl halides is 3. The SMILES string of the molecule is C[C@H]1C(Nc2ccc(C(F)(F)F)cn2)CCCN1C(=O)c1cc(Cl)ccc1-n1nccn1. The number of benzene rings is 1. The molecule has 1 aromatic carbocycles. The van der Waals surface area contributed by atoms with Crippen molar-refractivity contribution in [2.45, 2.75) is 38.0 Å². The molecule has 168 valence electrons. The molecule has 1 fully saturated rings. The van der Waals surface area contributed by atoms with Gasteiger partial charge in [-0.1, -0.05) is 11.6 Å². The largest absolute Gasteiger partial charge is 0.417 e. The molecule has 7 nitrogen and oxygen atoms in total. The number of likely N-dealkylation sites (tertiary alicyclic amines) is 1. The Hall–Kier alpha value is -3.14. The lowest BCUT2D eigenvalue weighted by Crippen LogP contribution is -2.52. The summed E-state index contributed by atoms with van der Waals surface area (Å²) in [6.07, 6.45) is 0.868. The molecular weight excluding hydrogens is 445 g/mol. The van der Waals surface area contributed by atoms with Gasteiger partial charge in [0.25, 0.3) is 5.91 Å². The van der Waals surface area contributed by atoms with Gasteiger partial charge >= 0.3 is 6.18 Å². The van der Waals surface area contributed by atoms with Crippen LogP contribution in [0.1, 0.15) is 35.7 Å². The molecule has 0 aliphatic carbocycles. The Morgan fingerprint density at radius 1 is 1.19 bits per heavy atom. The van der Waals surface area contributed by atoms with Crippen LogP contribution in [-0.2, 0) is 6.18 Å². The number of hydrogen-bond donors (Lipinski definition) is 1. The number of carbonyl (C=O) groups is 1. The summed E-state index contributed by atoms with van der Waals surface area (Å²) in [4.78, 5) is 20.4. The maximum Gasteiger partial charge on any atom is 0.417 e. The van der Waals surface area contributed by atoms with Gasteiger partial charge in [0.15, 0.2) is 0 Å². The summed E-state index contributed by atoms with van der Waals surface area (Å²) in [5.41, 5.74) is 0.0715. The first kappa shape index (κ1) is 22.1. The van der Waals surface area contributed by atoms with Crippen molar-refractivity contribution in [3.8, 4) is 5.69 Å². The highest BCUT2D eigenvalue weighted by molar-refractivity contribution is 6.31. The number of nitrogens with one attached hydrogen (secondary N) is 1. The van der Waals surface area contributed by atoms with Crippen LogP contribution in [0.2, 0.25) is 5.02 Å².